The number of anilines is 1. The minimum atomic E-state index is -0.236. The zero-order valence-corrected chi connectivity index (χ0v) is 16.8. The molecule has 146 valence electrons. The molecule has 2 atom stereocenters. The quantitative estimate of drug-likeness (QED) is 0.731. The predicted molar refractivity (Wildman–Crippen MR) is 108 cm³/mol. The lowest BCUT2D eigenvalue weighted by molar-refractivity contribution is -0.119. The number of nitrogens with one attached hydrogen (secondary N) is 2. The molecule has 0 aromatic heterocycles. The second kappa shape index (κ2) is 7.05. The fraction of sp³-hybridized carbons (Fsp3) is 0.652. The van der Waals surface area contributed by atoms with Gasteiger partial charge in [0.15, 0.2) is 5.78 Å². The first-order valence-electron chi connectivity index (χ1n) is 10.5. The zero-order chi connectivity index (χ0) is 19.2. The molecular weight excluding hydrogens is 336 g/mol. The van der Waals surface area contributed by atoms with Crippen molar-refractivity contribution in [3.63, 3.8) is 0 Å². The molecule has 2 N–H and O–H groups in total. The molecule has 4 bridgehead atoms. The molecule has 5 rings (SSSR count). The highest BCUT2D eigenvalue weighted by Gasteiger charge is 2.53. The third kappa shape index (κ3) is 3.69. The summed E-state index contributed by atoms with van der Waals surface area (Å²) in [5.41, 5.74) is 1.79. The van der Waals surface area contributed by atoms with Crippen molar-refractivity contribution < 1.29 is 9.59 Å². The van der Waals surface area contributed by atoms with Crippen molar-refractivity contribution in [2.24, 2.45) is 23.2 Å². The molecule has 0 heterocycles. The molecule has 1 aromatic rings. The predicted octanol–water partition coefficient (Wildman–Crippen LogP) is 4.41. The number of benzene rings is 1. The van der Waals surface area contributed by atoms with Gasteiger partial charge in [-0.3, -0.25) is 9.59 Å². The summed E-state index contributed by atoms with van der Waals surface area (Å²) in [4.78, 5) is 24.0. The molecule has 4 heteroatoms. The molecule has 0 saturated heterocycles. The lowest BCUT2D eigenvalue weighted by Crippen LogP contribution is -2.57. The topological polar surface area (TPSA) is 58.2 Å². The number of ketones is 1. The molecule has 27 heavy (non-hydrogen) atoms. The summed E-state index contributed by atoms with van der Waals surface area (Å²) in [5.74, 6) is 2.78. The van der Waals surface area contributed by atoms with Gasteiger partial charge in [-0.25, -0.2) is 0 Å². The van der Waals surface area contributed by atoms with E-state index >= 15 is 0 Å². The summed E-state index contributed by atoms with van der Waals surface area (Å²) in [6.07, 6.45) is 8.35. The molecule has 4 aliphatic carbocycles. The molecular formula is C23H32N2O2. The van der Waals surface area contributed by atoms with E-state index in [1.54, 1.807) is 31.2 Å². The first-order valence-corrected chi connectivity index (χ1v) is 10.5. The van der Waals surface area contributed by atoms with Crippen molar-refractivity contribution in [1.29, 1.82) is 0 Å². The van der Waals surface area contributed by atoms with Crippen LogP contribution in [-0.4, -0.2) is 23.8 Å². The van der Waals surface area contributed by atoms with Gasteiger partial charge in [0.05, 0.1) is 6.04 Å². The molecule has 0 unspecified atom stereocenters. The van der Waals surface area contributed by atoms with Gasteiger partial charge in [-0.15, -0.1) is 0 Å². The molecule has 0 radical (unpaired) electrons. The molecule has 1 amide bonds. The highest BCUT2D eigenvalue weighted by molar-refractivity contribution is 5.96. The van der Waals surface area contributed by atoms with Crippen molar-refractivity contribution in [2.45, 2.75) is 71.4 Å². The van der Waals surface area contributed by atoms with E-state index in [4.69, 9.17) is 0 Å². The van der Waals surface area contributed by atoms with Crippen LogP contribution in [0, 0.1) is 23.2 Å². The van der Waals surface area contributed by atoms with Crippen LogP contribution in [0.15, 0.2) is 24.3 Å². The first kappa shape index (κ1) is 18.7. The Morgan fingerprint density at radius 3 is 1.96 bits per heavy atom. The Morgan fingerprint density at radius 2 is 1.48 bits per heavy atom. The summed E-state index contributed by atoms with van der Waals surface area (Å²) >= 11 is 0. The SMILES string of the molecule is CC(=O)c1ccc(NC(=O)[C@H](C)N[C@H](C)C23CC4CC(CC(C4)C2)C3)cc1. The highest BCUT2D eigenvalue weighted by Crippen LogP contribution is 2.61. The van der Waals surface area contributed by atoms with Gasteiger partial charge in [0, 0.05) is 17.3 Å². The van der Waals surface area contributed by atoms with E-state index in [1.165, 1.54) is 38.5 Å². The largest absolute Gasteiger partial charge is 0.325 e. The van der Waals surface area contributed by atoms with Gasteiger partial charge in [0.25, 0.3) is 0 Å². The van der Waals surface area contributed by atoms with Gasteiger partial charge in [-0.2, -0.15) is 0 Å². The minimum Gasteiger partial charge on any atom is -0.325 e. The smallest absolute Gasteiger partial charge is 0.241 e. The average Bonchev–Trinajstić information content (AvgIpc) is 2.60. The summed E-state index contributed by atoms with van der Waals surface area (Å²) < 4.78 is 0. The summed E-state index contributed by atoms with van der Waals surface area (Å²) in [6, 6.07) is 7.24. The zero-order valence-electron chi connectivity index (χ0n) is 16.8. The van der Waals surface area contributed by atoms with Crippen LogP contribution in [0.25, 0.3) is 0 Å². The molecule has 4 aliphatic rings. The number of Topliss-reactive ketones (excluding diaryl/α,β-unsaturated/α-hetero) is 1. The standard InChI is InChI=1S/C23H32N2O2/c1-14(22(27)25-21-6-4-20(5-7-21)15(2)26)24-16(3)23-11-17-8-18(12-23)10-19(9-17)13-23/h4-7,14,16-19,24H,8-13H2,1-3H3,(H,25,27)/t14-,16+,17?,18?,19?,23?/m0/s1. The van der Waals surface area contributed by atoms with Crippen LogP contribution < -0.4 is 10.6 Å². The van der Waals surface area contributed by atoms with Crippen LogP contribution >= 0.6 is 0 Å². The fourth-order valence-electron chi connectivity index (χ4n) is 6.37. The maximum absolute atomic E-state index is 12.7. The van der Waals surface area contributed by atoms with Crippen molar-refractivity contribution >= 4 is 17.4 Å². The van der Waals surface area contributed by atoms with Crippen molar-refractivity contribution in [2.75, 3.05) is 5.32 Å². The third-order valence-corrected chi connectivity index (χ3v) is 7.46. The van der Waals surface area contributed by atoms with Gasteiger partial charge >= 0.3 is 0 Å². The lowest BCUT2D eigenvalue weighted by Gasteiger charge is -2.59. The maximum Gasteiger partial charge on any atom is 0.241 e. The van der Waals surface area contributed by atoms with E-state index in [2.05, 4.69) is 17.6 Å². The van der Waals surface area contributed by atoms with E-state index in [9.17, 15) is 9.59 Å². The van der Waals surface area contributed by atoms with Gasteiger partial charge in [-0.05, 0) is 107 Å². The van der Waals surface area contributed by atoms with Crippen molar-refractivity contribution in [3.8, 4) is 0 Å². The second-order valence-electron chi connectivity index (χ2n) is 9.51. The normalized spacial score (nSPS) is 33.5. The number of hydrogen-bond acceptors (Lipinski definition) is 3. The van der Waals surface area contributed by atoms with Gasteiger partial charge in [0.1, 0.15) is 0 Å². The van der Waals surface area contributed by atoms with E-state index in [0.717, 1.165) is 23.4 Å². The van der Waals surface area contributed by atoms with E-state index < -0.39 is 0 Å². The van der Waals surface area contributed by atoms with E-state index in [0.29, 0.717) is 17.0 Å². The summed E-state index contributed by atoms with van der Waals surface area (Å²) in [7, 11) is 0. The van der Waals surface area contributed by atoms with Crippen LogP contribution in [-0.2, 0) is 4.79 Å². The van der Waals surface area contributed by atoms with E-state index in [1.807, 2.05) is 6.92 Å². The Hall–Kier alpha value is -1.68. The summed E-state index contributed by atoms with van der Waals surface area (Å²) in [6.45, 7) is 5.79. The van der Waals surface area contributed by atoms with Gasteiger partial charge in [0.2, 0.25) is 5.91 Å². The maximum atomic E-state index is 12.7. The number of carbonyl (C=O) groups excluding carboxylic acids is 2. The van der Waals surface area contributed by atoms with E-state index in [-0.39, 0.29) is 17.7 Å². The summed E-state index contributed by atoms with van der Waals surface area (Å²) in [5, 5.41) is 6.59. The van der Waals surface area contributed by atoms with Crippen LogP contribution in [0.2, 0.25) is 0 Å². The molecule has 4 nitrogen and oxygen atoms in total. The number of hydrogen-bond donors (Lipinski definition) is 2. The number of amides is 1. The molecule has 0 spiro atoms. The van der Waals surface area contributed by atoms with Crippen LogP contribution in [0.3, 0.4) is 0 Å². The molecule has 4 fully saturated rings. The van der Waals surface area contributed by atoms with Crippen molar-refractivity contribution in [3.05, 3.63) is 29.8 Å². The highest BCUT2D eigenvalue weighted by atomic mass is 16.2. The Bertz CT molecular complexity index is 689. The Balaban J connectivity index is 1.36. The van der Waals surface area contributed by atoms with Gasteiger partial charge in [-0.1, -0.05) is 0 Å². The number of carbonyl (C=O) groups is 2. The monoisotopic (exact) mass is 368 g/mol. The number of rotatable bonds is 6. The Morgan fingerprint density at radius 1 is 0.963 bits per heavy atom. The Labute approximate surface area is 162 Å². The van der Waals surface area contributed by atoms with Crippen LogP contribution in [0.1, 0.15) is 69.7 Å². The second-order valence-corrected chi connectivity index (χ2v) is 9.51. The fourth-order valence-corrected chi connectivity index (χ4v) is 6.37. The van der Waals surface area contributed by atoms with Crippen LogP contribution in [0.4, 0.5) is 5.69 Å². The average molecular weight is 369 g/mol. The van der Waals surface area contributed by atoms with Crippen molar-refractivity contribution in [1.82, 2.24) is 5.32 Å². The molecule has 4 saturated carbocycles. The molecule has 1 aromatic carbocycles. The third-order valence-electron chi connectivity index (χ3n) is 7.46. The lowest BCUT2D eigenvalue weighted by atomic mass is 9.48. The first-order chi connectivity index (χ1) is 12.8. The van der Waals surface area contributed by atoms with Gasteiger partial charge < -0.3 is 10.6 Å². The van der Waals surface area contributed by atoms with Crippen LogP contribution in [0.5, 0.6) is 0 Å². The minimum absolute atomic E-state index is 0.0119. The molecule has 0 aliphatic heterocycles. The Kier molecular flexibility index (Phi) is 4.87.